The van der Waals surface area contributed by atoms with Crippen LogP contribution in [0.5, 0.6) is 5.75 Å². The summed E-state index contributed by atoms with van der Waals surface area (Å²) in [4.78, 5) is 0. The first-order valence-electron chi connectivity index (χ1n) is 6.03. The summed E-state index contributed by atoms with van der Waals surface area (Å²) >= 11 is 0. The second-order valence-corrected chi connectivity index (χ2v) is 4.60. The molecule has 0 spiro atoms. The largest absolute Gasteiger partial charge is 0.485 e. The number of halogens is 2. The molecule has 2 aromatic carbocycles. The van der Waals surface area contributed by atoms with Gasteiger partial charge in [-0.2, -0.15) is 0 Å². The van der Waals surface area contributed by atoms with Crippen LogP contribution in [0.25, 0.3) is 0 Å². The molecule has 0 aromatic heterocycles. The Hall–Kier alpha value is -1.94. The highest BCUT2D eigenvalue weighted by Gasteiger charge is 2.28. The zero-order valence-corrected chi connectivity index (χ0v) is 10.0. The Labute approximate surface area is 109 Å². The maximum absolute atomic E-state index is 13.2. The topological polar surface area (TPSA) is 29.5 Å². The van der Waals surface area contributed by atoms with E-state index in [0.29, 0.717) is 16.9 Å². The molecule has 0 saturated carbocycles. The summed E-state index contributed by atoms with van der Waals surface area (Å²) in [5.41, 5.74) is 1.10. The van der Waals surface area contributed by atoms with Crippen molar-refractivity contribution in [3.63, 3.8) is 0 Å². The number of hydrogen-bond donors (Lipinski definition) is 1. The van der Waals surface area contributed by atoms with E-state index < -0.39 is 18.0 Å². The van der Waals surface area contributed by atoms with Gasteiger partial charge in [-0.25, -0.2) is 8.78 Å². The monoisotopic (exact) mass is 262 g/mol. The van der Waals surface area contributed by atoms with Crippen LogP contribution in [0.2, 0.25) is 0 Å². The molecule has 0 saturated heterocycles. The van der Waals surface area contributed by atoms with Crippen molar-refractivity contribution in [1.82, 2.24) is 0 Å². The quantitative estimate of drug-likeness (QED) is 0.852. The lowest BCUT2D eigenvalue weighted by Crippen LogP contribution is -2.19. The van der Waals surface area contributed by atoms with Crippen LogP contribution in [0.4, 0.5) is 8.78 Å². The van der Waals surface area contributed by atoms with Crippen LogP contribution in [-0.4, -0.2) is 5.11 Å². The molecular weight excluding hydrogens is 250 g/mol. The minimum atomic E-state index is -0.812. The lowest BCUT2D eigenvalue weighted by atomic mass is 9.95. The van der Waals surface area contributed by atoms with E-state index >= 15 is 0 Å². The molecule has 4 heteroatoms. The third kappa shape index (κ3) is 2.31. The van der Waals surface area contributed by atoms with Crippen molar-refractivity contribution in [2.24, 2.45) is 0 Å². The average Bonchev–Trinajstić information content (AvgIpc) is 2.39. The highest BCUT2D eigenvalue weighted by Crippen LogP contribution is 2.40. The van der Waals surface area contributed by atoms with Gasteiger partial charge in [0.05, 0.1) is 6.10 Å². The number of hydrogen-bond acceptors (Lipinski definition) is 2. The van der Waals surface area contributed by atoms with E-state index in [1.165, 1.54) is 30.3 Å². The predicted molar refractivity (Wildman–Crippen MR) is 65.7 cm³/mol. The van der Waals surface area contributed by atoms with E-state index in [9.17, 15) is 13.9 Å². The summed E-state index contributed by atoms with van der Waals surface area (Å²) in [6.45, 7) is 0. The molecule has 1 aliphatic heterocycles. The Morgan fingerprint density at radius 1 is 1.05 bits per heavy atom. The van der Waals surface area contributed by atoms with E-state index in [4.69, 9.17) is 4.74 Å². The zero-order valence-electron chi connectivity index (χ0n) is 10.0. The van der Waals surface area contributed by atoms with E-state index in [-0.39, 0.29) is 12.2 Å². The molecule has 0 aliphatic carbocycles. The van der Waals surface area contributed by atoms with Gasteiger partial charge >= 0.3 is 0 Å². The fourth-order valence-corrected chi connectivity index (χ4v) is 2.33. The lowest BCUT2D eigenvalue weighted by molar-refractivity contribution is 0.0652. The Morgan fingerprint density at radius 2 is 1.84 bits per heavy atom. The summed E-state index contributed by atoms with van der Waals surface area (Å²) < 4.78 is 32.0. The van der Waals surface area contributed by atoms with Crippen LogP contribution >= 0.6 is 0 Å². The Bertz CT molecular complexity index is 613. The maximum atomic E-state index is 13.2. The molecule has 0 bridgehead atoms. The van der Waals surface area contributed by atoms with Crippen LogP contribution in [0, 0.1) is 11.6 Å². The molecule has 0 amide bonds. The number of fused-ring (bicyclic) bond motifs is 1. The number of ether oxygens (including phenoxy) is 1. The van der Waals surface area contributed by atoms with Gasteiger partial charge in [0.15, 0.2) is 0 Å². The summed E-state index contributed by atoms with van der Waals surface area (Å²) in [5.74, 6) is -0.319. The molecule has 98 valence electrons. The number of aliphatic hydroxyl groups is 1. The molecule has 2 atom stereocenters. The summed E-state index contributed by atoms with van der Waals surface area (Å²) in [6, 6.07) is 10.1. The molecule has 19 heavy (non-hydrogen) atoms. The third-order valence-electron chi connectivity index (χ3n) is 3.26. The van der Waals surface area contributed by atoms with Gasteiger partial charge in [-0.1, -0.05) is 12.1 Å². The minimum absolute atomic E-state index is 0.278. The Balaban J connectivity index is 1.95. The van der Waals surface area contributed by atoms with Gasteiger partial charge in [-0.3, -0.25) is 0 Å². The number of aliphatic hydroxyl groups excluding tert-OH is 1. The van der Waals surface area contributed by atoms with Crippen molar-refractivity contribution >= 4 is 0 Å². The van der Waals surface area contributed by atoms with Gasteiger partial charge in [0, 0.05) is 12.0 Å². The Morgan fingerprint density at radius 3 is 2.63 bits per heavy atom. The summed E-state index contributed by atoms with van der Waals surface area (Å²) in [7, 11) is 0. The van der Waals surface area contributed by atoms with Crippen molar-refractivity contribution in [2.45, 2.75) is 18.6 Å². The number of benzene rings is 2. The van der Waals surface area contributed by atoms with Crippen molar-refractivity contribution in [1.29, 1.82) is 0 Å². The van der Waals surface area contributed by atoms with Gasteiger partial charge in [-0.05, 0) is 35.9 Å². The predicted octanol–water partition coefficient (Wildman–Crippen LogP) is 3.52. The van der Waals surface area contributed by atoms with Crippen molar-refractivity contribution in [3.05, 3.63) is 65.2 Å². The summed E-state index contributed by atoms with van der Waals surface area (Å²) in [5, 5.41) is 10.0. The molecule has 1 N–H and O–H groups in total. The fourth-order valence-electron chi connectivity index (χ4n) is 2.33. The highest BCUT2D eigenvalue weighted by molar-refractivity contribution is 5.38. The highest BCUT2D eigenvalue weighted by atomic mass is 19.1. The minimum Gasteiger partial charge on any atom is -0.485 e. The van der Waals surface area contributed by atoms with Gasteiger partial charge in [-0.15, -0.1) is 0 Å². The zero-order chi connectivity index (χ0) is 13.4. The molecule has 0 radical (unpaired) electrons. The van der Waals surface area contributed by atoms with Crippen LogP contribution in [0.1, 0.15) is 29.8 Å². The van der Waals surface area contributed by atoms with Crippen LogP contribution in [-0.2, 0) is 0 Å². The molecule has 2 nitrogen and oxygen atoms in total. The van der Waals surface area contributed by atoms with Crippen LogP contribution < -0.4 is 4.74 Å². The van der Waals surface area contributed by atoms with E-state index in [0.717, 1.165) is 0 Å². The SMILES string of the molecule is O[C@@H]1CC(c2cccc(F)c2)Oc2ccc(F)cc21. The van der Waals surface area contributed by atoms with Gasteiger partial charge in [0.2, 0.25) is 0 Å². The fraction of sp³-hybridized carbons (Fsp3) is 0.200. The first-order valence-corrected chi connectivity index (χ1v) is 6.03. The third-order valence-corrected chi connectivity index (χ3v) is 3.26. The molecule has 3 rings (SSSR count). The Kier molecular flexibility index (Phi) is 2.95. The smallest absolute Gasteiger partial charge is 0.127 e. The van der Waals surface area contributed by atoms with Crippen LogP contribution in [0.3, 0.4) is 0 Å². The average molecular weight is 262 g/mol. The standard InChI is InChI=1S/C15H12F2O2/c16-10-3-1-2-9(6-10)15-8-13(18)12-7-11(17)4-5-14(12)19-15/h1-7,13,15,18H,8H2/t13-,15?/m1/s1. The molecule has 1 heterocycles. The molecular formula is C15H12F2O2. The molecule has 2 aromatic rings. The van der Waals surface area contributed by atoms with Gasteiger partial charge in [0.25, 0.3) is 0 Å². The van der Waals surface area contributed by atoms with E-state index in [1.807, 2.05) is 0 Å². The lowest BCUT2D eigenvalue weighted by Gasteiger charge is -2.29. The first-order chi connectivity index (χ1) is 9.13. The van der Waals surface area contributed by atoms with Gasteiger partial charge in [0.1, 0.15) is 23.5 Å². The molecule has 1 aliphatic rings. The summed E-state index contributed by atoms with van der Waals surface area (Å²) in [6.07, 6.45) is -0.962. The first kappa shape index (κ1) is 12.1. The van der Waals surface area contributed by atoms with E-state index in [1.54, 1.807) is 12.1 Å². The molecule has 1 unspecified atom stereocenters. The molecule has 0 fully saturated rings. The van der Waals surface area contributed by atoms with Crippen molar-refractivity contribution in [3.8, 4) is 5.75 Å². The normalized spacial score (nSPS) is 21.6. The van der Waals surface area contributed by atoms with Crippen LogP contribution in [0.15, 0.2) is 42.5 Å². The number of rotatable bonds is 1. The van der Waals surface area contributed by atoms with Crippen molar-refractivity contribution in [2.75, 3.05) is 0 Å². The van der Waals surface area contributed by atoms with E-state index in [2.05, 4.69) is 0 Å². The van der Waals surface area contributed by atoms with Gasteiger partial charge < -0.3 is 9.84 Å². The second-order valence-electron chi connectivity index (χ2n) is 4.60. The van der Waals surface area contributed by atoms with Crippen molar-refractivity contribution < 1.29 is 18.6 Å². The maximum Gasteiger partial charge on any atom is 0.127 e. The second kappa shape index (κ2) is 4.63.